The molecule has 0 bridgehead atoms. The van der Waals surface area contributed by atoms with Gasteiger partial charge in [0.25, 0.3) is 5.91 Å². The average molecular weight is 530 g/mol. The van der Waals surface area contributed by atoms with E-state index < -0.39 is 40.4 Å². The number of aromatic nitrogens is 1. The Morgan fingerprint density at radius 3 is 2.39 bits per heavy atom. The highest BCUT2D eigenvalue weighted by molar-refractivity contribution is 7.17. The minimum absolute atomic E-state index is 0.0151. The summed E-state index contributed by atoms with van der Waals surface area (Å²) in [6.07, 6.45) is -9.50. The number of benzene rings is 2. The second kappa shape index (κ2) is 10.1. The number of hydrogen-bond donors (Lipinski definition) is 1. The second-order valence-corrected chi connectivity index (χ2v) is 9.13. The van der Waals surface area contributed by atoms with Crippen molar-refractivity contribution in [2.75, 3.05) is 31.2 Å². The second-order valence-electron chi connectivity index (χ2n) is 8.13. The van der Waals surface area contributed by atoms with Crippen molar-refractivity contribution < 1.29 is 35.9 Å². The Bertz CT molecular complexity index is 1240. The van der Waals surface area contributed by atoms with E-state index in [0.717, 1.165) is 12.1 Å². The van der Waals surface area contributed by atoms with E-state index >= 15 is 0 Å². The molecule has 12 heteroatoms. The zero-order chi connectivity index (χ0) is 26.1. The molecule has 0 aliphatic carbocycles. The minimum atomic E-state index is -4.91. The quantitative estimate of drug-likeness (QED) is 0.402. The smallest absolute Gasteiger partial charge is 0.378 e. The Kier molecular flexibility index (Phi) is 7.28. The fraction of sp³-hybridized carbons (Fsp3) is 0.333. The molecule has 5 nitrogen and oxygen atoms in total. The largest absolute Gasteiger partial charge is 0.435 e. The summed E-state index contributed by atoms with van der Waals surface area (Å²) in [4.78, 5) is 18.0. The van der Waals surface area contributed by atoms with E-state index in [1.54, 1.807) is 24.3 Å². The zero-order valence-electron chi connectivity index (χ0n) is 18.9. The summed E-state index contributed by atoms with van der Waals surface area (Å²) < 4.78 is 86.0. The molecule has 0 radical (unpaired) electrons. The molecule has 2 aromatic carbocycles. The normalized spacial score (nSPS) is 15.6. The van der Waals surface area contributed by atoms with Crippen molar-refractivity contribution in [2.24, 2.45) is 0 Å². The number of morpholine rings is 1. The van der Waals surface area contributed by atoms with Gasteiger partial charge in [-0.2, -0.15) is 26.3 Å². The lowest BCUT2D eigenvalue weighted by Gasteiger charge is -2.30. The molecule has 1 saturated heterocycles. The van der Waals surface area contributed by atoms with Gasteiger partial charge in [0.15, 0.2) is 5.69 Å². The summed E-state index contributed by atoms with van der Waals surface area (Å²) in [5, 5.41) is 2.40. The summed E-state index contributed by atoms with van der Waals surface area (Å²) in [6, 6.07) is 10.1. The number of para-hydroxylation sites is 1. The van der Waals surface area contributed by atoms with Crippen LogP contribution in [0, 0.1) is 0 Å². The van der Waals surface area contributed by atoms with Crippen molar-refractivity contribution in [1.29, 1.82) is 0 Å². The third-order valence-corrected chi connectivity index (χ3v) is 6.74. The molecule has 1 aromatic heterocycles. The highest BCUT2D eigenvalue weighted by Gasteiger charge is 2.40. The van der Waals surface area contributed by atoms with Gasteiger partial charge in [-0.25, -0.2) is 4.98 Å². The molecule has 4 rings (SSSR count). The molecule has 2 heterocycles. The van der Waals surface area contributed by atoms with Crippen LogP contribution in [0.15, 0.2) is 48.5 Å². The van der Waals surface area contributed by atoms with Gasteiger partial charge in [-0.1, -0.05) is 24.3 Å². The monoisotopic (exact) mass is 529 g/mol. The van der Waals surface area contributed by atoms with Crippen LogP contribution in [0.5, 0.6) is 0 Å². The number of alkyl halides is 6. The van der Waals surface area contributed by atoms with Crippen LogP contribution >= 0.6 is 11.3 Å². The lowest BCUT2D eigenvalue weighted by molar-refractivity contribution is -0.141. The predicted molar refractivity (Wildman–Crippen MR) is 123 cm³/mol. The number of carbonyl (C=O) groups excluding carboxylic acids is 1. The van der Waals surface area contributed by atoms with Crippen LogP contribution in [-0.4, -0.2) is 37.2 Å². The number of halogens is 6. The minimum Gasteiger partial charge on any atom is -0.378 e. The Hall–Kier alpha value is -3.12. The SMILES string of the molecule is CC(NC(=O)c1sc(-c2ccccc2N2CCOCC2)nc1C(F)(F)F)c1cccc(C(F)(F)F)c1. The standard InChI is InChI=1S/C24H21F6N3O2S/c1-14(15-5-4-6-16(13-15)23(25,26)27)31-21(34)19-20(24(28,29)30)32-22(36-19)17-7-2-3-8-18(17)33-9-11-35-12-10-33/h2-8,13-14H,9-12H2,1H3,(H,31,34). The first-order valence-corrected chi connectivity index (χ1v) is 11.7. The van der Waals surface area contributed by atoms with E-state index in [2.05, 4.69) is 10.3 Å². The van der Waals surface area contributed by atoms with Gasteiger partial charge in [-0.15, -0.1) is 11.3 Å². The highest BCUT2D eigenvalue weighted by atomic mass is 32.1. The van der Waals surface area contributed by atoms with Crippen LogP contribution < -0.4 is 10.2 Å². The Balaban J connectivity index is 1.66. The van der Waals surface area contributed by atoms with E-state index in [1.807, 2.05) is 4.90 Å². The number of thiazole rings is 1. The summed E-state index contributed by atoms with van der Waals surface area (Å²) in [5.41, 5.74) is -1.04. The first-order valence-electron chi connectivity index (χ1n) is 10.9. The number of nitrogens with zero attached hydrogens (tertiary/aromatic N) is 2. The Labute approximate surface area is 206 Å². The summed E-state index contributed by atoms with van der Waals surface area (Å²) in [7, 11) is 0. The van der Waals surface area contributed by atoms with Crippen LogP contribution in [0.25, 0.3) is 10.6 Å². The first kappa shape index (κ1) is 26.0. The third kappa shape index (κ3) is 5.65. The molecule has 1 atom stereocenters. The van der Waals surface area contributed by atoms with Crippen molar-refractivity contribution >= 4 is 22.9 Å². The molecular formula is C24H21F6N3O2S. The molecule has 1 aliphatic rings. The lowest BCUT2D eigenvalue weighted by Crippen LogP contribution is -2.36. The number of hydrogen-bond acceptors (Lipinski definition) is 5. The molecule has 1 unspecified atom stereocenters. The van der Waals surface area contributed by atoms with E-state index in [-0.39, 0.29) is 10.6 Å². The third-order valence-electron chi connectivity index (χ3n) is 5.65. The van der Waals surface area contributed by atoms with Crippen molar-refractivity contribution in [2.45, 2.75) is 25.3 Å². The number of anilines is 1. The van der Waals surface area contributed by atoms with Crippen LogP contribution in [0.3, 0.4) is 0 Å². The lowest BCUT2D eigenvalue weighted by atomic mass is 10.0. The van der Waals surface area contributed by atoms with Gasteiger partial charge in [0.2, 0.25) is 0 Å². The van der Waals surface area contributed by atoms with E-state index in [9.17, 15) is 31.1 Å². The topological polar surface area (TPSA) is 54.5 Å². The summed E-state index contributed by atoms with van der Waals surface area (Å²) >= 11 is 0.589. The van der Waals surface area contributed by atoms with Gasteiger partial charge in [-0.3, -0.25) is 4.79 Å². The molecule has 192 valence electrons. The summed E-state index contributed by atoms with van der Waals surface area (Å²) in [6.45, 7) is 3.45. The maximum Gasteiger partial charge on any atom is 0.435 e. The highest BCUT2D eigenvalue weighted by Crippen LogP contribution is 2.41. The van der Waals surface area contributed by atoms with Crippen LogP contribution in [0.1, 0.15) is 39.5 Å². The molecule has 1 fully saturated rings. The maximum absolute atomic E-state index is 13.8. The molecule has 0 spiro atoms. The number of rotatable bonds is 5. The molecule has 36 heavy (non-hydrogen) atoms. The average Bonchev–Trinajstić information content (AvgIpc) is 3.31. The van der Waals surface area contributed by atoms with Gasteiger partial charge in [0.1, 0.15) is 9.88 Å². The Morgan fingerprint density at radius 1 is 1.03 bits per heavy atom. The molecule has 3 aromatic rings. The van der Waals surface area contributed by atoms with Gasteiger partial charge >= 0.3 is 12.4 Å². The van der Waals surface area contributed by atoms with E-state index in [1.165, 1.54) is 19.1 Å². The molecule has 1 aliphatic heterocycles. The van der Waals surface area contributed by atoms with Crippen molar-refractivity contribution in [1.82, 2.24) is 10.3 Å². The summed E-state index contributed by atoms with van der Waals surface area (Å²) in [5.74, 6) is -1.07. The van der Waals surface area contributed by atoms with Crippen molar-refractivity contribution in [3.8, 4) is 10.6 Å². The molecular weight excluding hydrogens is 508 g/mol. The zero-order valence-corrected chi connectivity index (χ0v) is 19.7. The number of nitrogens with one attached hydrogen (secondary N) is 1. The van der Waals surface area contributed by atoms with Crippen molar-refractivity contribution in [3.05, 3.63) is 70.2 Å². The fourth-order valence-corrected chi connectivity index (χ4v) is 4.87. The molecule has 0 saturated carbocycles. The van der Waals surface area contributed by atoms with Crippen LogP contribution in [0.4, 0.5) is 32.0 Å². The molecule has 1 N–H and O–H groups in total. The van der Waals surface area contributed by atoms with Crippen LogP contribution in [0.2, 0.25) is 0 Å². The Morgan fingerprint density at radius 2 is 1.72 bits per heavy atom. The van der Waals surface area contributed by atoms with Gasteiger partial charge in [-0.05, 0) is 36.8 Å². The fourth-order valence-electron chi connectivity index (χ4n) is 3.85. The van der Waals surface area contributed by atoms with Gasteiger partial charge in [0, 0.05) is 24.3 Å². The van der Waals surface area contributed by atoms with Gasteiger partial charge in [0.05, 0.1) is 24.8 Å². The van der Waals surface area contributed by atoms with Crippen LogP contribution in [-0.2, 0) is 17.1 Å². The number of ether oxygens (including phenoxy) is 1. The van der Waals surface area contributed by atoms with E-state index in [0.29, 0.717) is 48.9 Å². The molecule has 1 amide bonds. The van der Waals surface area contributed by atoms with Crippen molar-refractivity contribution in [3.63, 3.8) is 0 Å². The number of carbonyl (C=O) groups is 1. The van der Waals surface area contributed by atoms with Gasteiger partial charge < -0.3 is 15.0 Å². The van der Waals surface area contributed by atoms with E-state index in [4.69, 9.17) is 4.74 Å². The predicted octanol–water partition coefficient (Wildman–Crippen LogP) is 6.18. The first-order chi connectivity index (χ1) is 16.9. The maximum atomic E-state index is 13.8. The number of amides is 1.